The van der Waals surface area contributed by atoms with Crippen LogP contribution in [-0.2, 0) is 0 Å². The predicted molar refractivity (Wildman–Crippen MR) is 89.2 cm³/mol. The molecule has 2 nitrogen and oxygen atoms in total. The number of thiocarbonyl (C=S) groups is 1. The van der Waals surface area contributed by atoms with Crippen LogP contribution in [0.3, 0.4) is 0 Å². The fourth-order valence-electron chi connectivity index (χ4n) is 1.87. The van der Waals surface area contributed by atoms with Crippen molar-refractivity contribution in [1.82, 2.24) is 0 Å². The molecule has 0 bridgehead atoms. The molecule has 0 aliphatic heterocycles. The second-order valence-electron chi connectivity index (χ2n) is 4.53. The smallest absolute Gasteiger partial charge is 0.161 e. The molecule has 0 heterocycles. The molecular formula is C15H14BrFN2S. The number of hydrogen-bond acceptors (Lipinski definition) is 2. The van der Waals surface area contributed by atoms with Crippen LogP contribution in [0.25, 0.3) is 0 Å². The molecular weight excluding hydrogens is 339 g/mol. The first-order valence-corrected chi connectivity index (χ1v) is 7.23. The second kappa shape index (κ2) is 5.89. The zero-order chi connectivity index (χ0) is 14.9. The van der Waals surface area contributed by atoms with Crippen molar-refractivity contribution in [2.24, 2.45) is 5.73 Å². The van der Waals surface area contributed by atoms with E-state index in [2.05, 4.69) is 21.2 Å². The van der Waals surface area contributed by atoms with Gasteiger partial charge in [-0.15, -0.1) is 0 Å². The van der Waals surface area contributed by atoms with Gasteiger partial charge in [0.1, 0.15) is 4.99 Å². The molecule has 104 valence electrons. The lowest BCUT2D eigenvalue weighted by molar-refractivity contribution is 0.625. The molecule has 2 aromatic rings. The van der Waals surface area contributed by atoms with Gasteiger partial charge in [0.05, 0.1) is 10.2 Å². The molecule has 0 saturated carbocycles. The monoisotopic (exact) mass is 352 g/mol. The van der Waals surface area contributed by atoms with Crippen LogP contribution in [0.1, 0.15) is 16.7 Å². The summed E-state index contributed by atoms with van der Waals surface area (Å²) in [6.07, 6.45) is 0. The van der Waals surface area contributed by atoms with Crippen LogP contribution in [-0.4, -0.2) is 4.99 Å². The highest BCUT2D eigenvalue weighted by Gasteiger charge is 2.13. The van der Waals surface area contributed by atoms with E-state index in [1.54, 1.807) is 12.1 Å². The molecule has 3 N–H and O–H groups in total. The number of rotatable bonds is 3. The molecule has 0 radical (unpaired) electrons. The number of anilines is 2. The zero-order valence-electron chi connectivity index (χ0n) is 11.1. The van der Waals surface area contributed by atoms with Crippen LogP contribution in [0, 0.1) is 19.7 Å². The molecule has 5 heteroatoms. The predicted octanol–water partition coefficient (Wildman–Crippen LogP) is 4.58. The largest absolute Gasteiger partial charge is 0.389 e. The Morgan fingerprint density at radius 3 is 2.55 bits per heavy atom. The van der Waals surface area contributed by atoms with Gasteiger partial charge in [-0.05, 0) is 59.1 Å². The number of nitrogens with two attached hydrogens (primary N) is 1. The molecule has 0 saturated heterocycles. The third kappa shape index (κ3) is 2.83. The van der Waals surface area contributed by atoms with Gasteiger partial charge in [-0.1, -0.05) is 24.4 Å². The fourth-order valence-corrected chi connectivity index (χ4v) is 2.73. The minimum atomic E-state index is -0.406. The highest BCUT2D eigenvalue weighted by molar-refractivity contribution is 9.10. The number of nitrogens with one attached hydrogen (secondary N) is 1. The quantitative estimate of drug-likeness (QED) is 0.793. The van der Waals surface area contributed by atoms with Crippen molar-refractivity contribution >= 4 is 44.5 Å². The first-order valence-electron chi connectivity index (χ1n) is 6.03. The standard InChI is InChI=1S/C15H14BrFN2S/c1-8-4-3-5-11(9(8)2)19-12-7-6-10(15(18)20)13(16)14(12)17/h3-7,19H,1-2H3,(H2,18,20). The van der Waals surface area contributed by atoms with Crippen molar-refractivity contribution in [1.29, 1.82) is 0 Å². The first-order chi connectivity index (χ1) is 9.41. The number of benzene rings is 2. The van der Waals surface area contributed by atoms with Gasteiger partial charge in [0, 0.05) is 11.3 Å². The number of hydrogen-bond donors (Lipinski definition) is 2. The minimum absolute atomic E-state index is 0.161. The van der Waals surface area contributed by atoms with Crippen LogP contribution >= 0.6 is 28.1 Å². The van der Waals surface area contributed by atoms with E-state index in [9.17, 15) is 4.39 Å². The number of aryl methyl sites for hydroxylation is 1. The molecule has 20 heavy (non-hydrogen) atoms. The average Bonchev–Trinajstić information content (AvgIpc) is 2.40. The van der Waals surface area contributed by atoms with E-state index in [-0.39, 0.29) is 9.46 Å². The summed E-state index contributed by atoms with van der Waals surface area (Å²) in [6, 6.07) is 9.19. The van der Waals surface area contributed by atoms with Crippen LogP contribution in [0.2, 0.25) is 0 Å². The lowest BCUT2D eigenvalue weighted by atomic mass is 10.1. The van der Waals surface area contributed by atoms with E-state index in [0.29, 0.717) is 11.3 Å². The van der Waals surface area contributed by atoms with Crippen LogP contribution in [0.15, 0.2) is 34.8 Å². The topological polar surface area (TPSA) is 38.0 Å². The summed E-state index contributed by atoms with van der Waals surface area (Å²) in [4.78, 5) is 0.161. The molecule has 0 amide bonds. The van der Waals surface area contributed by atoms with E-state index < -0.39 is 5.82 Å². The Balaban J connectivity index is 2.42. The van der Waals surface area contributed by atoms with Gasteiger partial charge >= 0.3 is 0 Å². The van der Waals surface area contributed by atoms with E-state index in [0.717, 1.165) is 16.8 Å². The van der Waals surface area contributed by atoms with Gasteiger partial charge in [0.25, 0.3) is 0 Å². The van der Waals surface area contributed by atoms with Crippen molar-refractivity contribution in [3.63, 3.8) is 0 Å². The van der Waals surface area contributed by atoms with Crippen LogP contribution in [0.5, 0.6) is 0 Å². The van der Waals surface area contributed by atoms with Gasteiger partial charge in [-0.2, -0.15) is 0 Å². The molecule has 0 fully saturated rings. The Morgan fingerprint density at radius 1 is 1.20 bits per heavy atom. The summed E-state index contributed by atoms with van der Waals surface area (Å²) < 4.78 is 14.6. The Labute approximate surface area is 131 Å². The van der Waals surface area contributed by atoms with Gasteiger partial charge in [0.2, 0.25) is 0 Å². The normalized spacial score (nSPS) is 10.4. The van der Waals surface area contributed by atoms with Gasteiger partial charge in [0.15, 0.2) is 5.82 Å². The van der Waals surface area contributed by atoms with E-state index in [4.69, 9.17) is 18.0 Å². The Bertz CT molecular complexity index is 686. The Kier molecular flexibility index (Phi) is 4.40. The summed E-state index contributed by atoms with van der Waals surface area (Å²) in [7, 11) is 0. The van der Waals surface area contributed by atoms with E-state index in [1.165, 1.54) is 0 Å². The molecule has 0 spiro atoms. The van der Waals surface area contributed by atoms with Crippen LogP contribution in [0.4, 0.5) is 15.8 Å². The molecule has 2 aromatic carbocycles. The molecule has 0 aliphatic rings. The maximum absolute atomic E-state index is 14.3. The summed E-state index contributed by atoms with van der Waals surface area (Å²) >= 11 is 8.08. The highest BCUT2D eigenvalue weighted by atomic mass is 79.9. The van der Waals surface area contributed by atoms with Crippen LogP contribution < -0.4 is 11.1 Å². The third-order valence-corrected chi connectivity index (χ3v) is 4.22. The summed E-state index contributed by atoms with van der Waals surface area (Å²) in [5.74, 6) is -0.406. The van der Waals surface area contributed by atoms with Crippen molar-refractivity contribution in [2.45, 2.75) is 13.8 Å². The molecule has 0 atom stereocenters. The lowest BCUT2D eigenvalue weighted by Crippen LogP contribution is -2.11. The summed E-state index contributed by atoms with van der Waals surface area (Å²) in [5.41, 5.74) is 9.52. The maximum atomic E-state index is 14.3. The van der Waals surface area contributed by atoms with E-state index >= 15 is 0 Å². The van der Waals surface area contributed by atoms with Gasteiger partial charge in [-0.3, -0.25) is 0 Å². The lowest BCUT2D eigenvalue weighted by Gasteiger charge is -2.14. The maximum Gasteiger partial charge on any atom is 0.161 e. The third-order valence-electron chi connectivity index (χ3n) is 3.22. The Hall–Kier alpha value is -1.46. The summed E-state index contributed by atoms with van der Waals surface area (Å²) in [5, 5.41) is 3.10. The SMILES string of the molecule is Cc1cccc(Nc2ccc(C(N)=S)c(Br)c2F)c1C. The molecule has 0 aromatic heterocycles. The molecule has 2 rings (SSSR count). The highest BCUT2D eigenvalue weighted by Crippen LogP contribution is 2.30. The molecule has 0 unspecified atom stereocenters. The van der Waals surface area contributed by atoms with Gasteiger partial charge < -0.3 is 11.1 Å². The van der Waals surface area contributed by atoms with Crippen molar-refractivity contribution in [3.05, 3.63) is 57.3 Å². The summed E-state index contributed by atoms with van der Waals surface area (Å²) in [6.45, 7) is 4.01. The van der Waals surface area contributed by atoms with Crippen molar-refractivity contribution in [2.75, 3.05) is 5.32 Å². The first kappa shape index (κ1) is 14.9. The fraction of sp³-hybridized carbons (Fsp3) is 0.133. The average molecular weight is 353 g/mol. The van der Waals surface area contributed by atoms with Crippen molar-refractivity contribution < 1.29 is 4.39 Å². The second-order valence-corrected chi connectivity index (χ2v) is 5.76. The molecule has 0 aliphatic carbocycles. The van der Waals surface area contributed by atoms with Crippen molar-refractivity contribution in [3.8, 4) is 0 Å². The van der Waals surface area contributed by atoms with Gasteiger partial charge in [-0.25, -0.2) is 4.39 Å². The minimum Gasteiger partial charge on any atom is -0.389 e. The Morgan fingerprint density at radius 2 is 1.90 bits per heavy atom. The zero-order valence-corrected chi connectivity index (χ0v) is 13.5. The van der Waals surface area contributed by atoms with E-state index in [1.807, 2.05) is 32.0 Å². The number of halogens is 2.